The van der Waals surface area contributed by atoms with Gasteiger partial charge in [-0.1, -0.05) is 13.0 Å². The molecule has 1 aromatic heterocycles. The molecule has 1 aromatic rings. The maximum absolute atomic E-state index is 12.9. The van der Waals surface area contributed by atoms with Crippen LogP contribution in [0, 0.1) is 11.9 Å². The third kappa shape index (κ3) is 3.00. The van der Waals surface area contributed by atoms with Crippen LogP contribution in [-0.4, -0.2) is 23.5 Å². The first-order valence-corrected chi connectivity index (χ1v) is 5.83. The molecule has 1 amide bonds. The minimum atomic E-state index is -0.590. The largest absolute Gasteiger partial charge is 0.309 e. The Morgan fingerprint density at radius 2 is 2.41 bits per heavy atom. The van der Waals surface area contributed by atoms with Crippen LogP contribution in [0.25, 0.3) is 0 Å². The molecular weight excluding hydrogens is 221 g/mol. The Morgan fingerprint density at radius 3 is 3.12 bits per heavy atom. The van der Waals surface area contributed by atoms with Crippen LogP contribution in [0.3, 0.4) is 0 Å². The molecule has 2 N–H and O–H groups in total. The number of carbonyl (C=O) groups is 1. The van der Waals surface area contributed by atoms with Crippen LogP contribution >= 0.6 is 0 Å². The molecule has 1 aliphatic heterocycles. The fourth-order valence-electron chi connectivity index (χ4n) is 2.08. The first-order valence-electron chi connectivity index (χ1n) is 5.83. The highest BCUT2D eigenvalue weighted by molar-refractivity contribution is 5.94. The topological polar surface area (TPSA) is 54.0 Å². The summed E-state index contributed by atoms with van der Waals surface area (Å²) in [5.74, 6) is -0.186. The Balaban J connectivity index is 2.01. The number of halogens is 1. The van der Waals surface area contributed by atoms with Crippen LogP contribution in [0.15, 0.2) is 18.2 Å². The number of nitrogens with zero attached hydrogens (tertiary/aromatic N) is 1. The summed E-state index contributed by atoms with van der Waals surface area (Å²) in [4.78, 5) is 15.6. The smallest absolute Gasteiger partial charge is 0.242 e. The second kappa shape index (κ2) is 5.23. The zero-order chi connectivity index (χ0) is 12.3. The number of pyridine rings is 1. The molecule has 2 rings (SSSR count). The van der Waals surface area contributed by atoms with Crippen molar-refractivity contribution in [3.63, 3.8) is 0 Å². The molecule has 2 heterocycles. The normalized spacial score (nSPS) is 24.4. The van der Waals surface area contributed by atoms with Crippen molar-refractivity contribution in [3.8, 4) is 0 Å². The van der Waals surface area contributed by atoms with E-state index in [-0.39, 0.29) is 23.7 Å². The minimum Gasteiger partial charge on any atom is -0.309 e. The van der Waals surface area contributed by atoms with Gasteiger partial charge in [-0.15, -0.1) is 0 Å². The van der Waals surface area contributed by atoms with Crippen LogP contribution in [-0.2, 0) is 4.79 Å². The Hall–Kier alpha value is -1.49. The van der Waals surface area contributed by atoms with Gasteiger partial charge in [0.2, 0.25) is 11.9 Å². The summed E-state index contributed by atoms with van der Waals surface area (Å²) in [6, 6.07) is 4.13. The molecule has 0 saturated carbocycles. The number of nitrogens with one attached hydrogen (secondary N) is 2. The fourth-order valence-corrected chi connectivity index (χ4v) is 2.08. The standard InChI is InChI=1S/C12H16FN3O/c1-8-4-3-7-14-11(8)12(17)16-10-6-2-5-9(13)15-10/h2,5-6,8,11,14H,3-4,7H2,1H3,(H,15,16,17). The fraction of sp³-hybridized carbons (Fsp3) is 0.500. The molecule has 0 aromatic carbocycles. The monoisotopic (exact) mass is 237 g/mol. The van der Waals surface area contributed by atoms with Crippen molar-refractivity contribution >= 4 is 11.7 Å². The predicted octanol–water partition coefficient (Wildman–Crippen LogP) is 1.55. The molecule has 2 atom stereocenters. The number of carbonyl (C=O) groups excluding carboxylic acids is 1. The maximum atomic E-state index is 12.9. The maximum Gasteiger partial charge on any atom is 0.242 e. The lowest BCUT2D eigenvalue weighted by Gasteiger charge is -2.28. The van der Waals surface area contributed by atoms with Crippen molar-refractivity contribution in [3.05, 3.63) is 24.1 Å². The van der Waals surface area contributed by atoms with Crippen molar-refractivity contribution in [2.75, 3.05) is 11.9 Å². The van der Waals surface area contributed by atoms with Gasteiger partial charge in [-0.2, -0.15) is 4.39 Å². The van der Waals surface area contributed by atoms with E-state index in [0.29, 0.717) is 0 Å². The Kier molecular flexibility index (Phi) is 3.68. The van der Waals surface area contributed by atoms with Crippen LogP contribution in [0.2, 0.25) is 0 Å². The summed E-state index contributed by atoms with van der Waals surface area (Å²) in [5, 5.41) is 5.80. The molecule has 1 saturated heterocycles. The lowest BCUT2D eigenvalue weighted by atomic mass is 9.92. The predicted molar refractivity (Wildman–Crippen MR) is 63.0 cm³/mol. The number of rotatable bonds is 2. The van der Waals surface area contributed by atoms with E-state index in [1.165, 1.54) is 12.1 Å². The zero-order valence-electron chi connectivity index (χ0n) is 9.74. The molecule has 4 nitrogen and oxygen atoms in total. The Labute approximate surface area is 99.6 Å². The first-order chi connectivity index (χ1) is 8.16. The second-order valence-electron chi connectivity index (χ2n) is 4.39. The second-order valence-corrected chi connectivity index (χ2v) is 4.39. The van der Waals surface area contributed by atoms with Crippen molar-refractivity contribution < 1.29 is 9.18 Å². The summed E-state index contributed by atoms with van der Waals surface area (Å²) in [5.41, 5.74) is 0. The third-order valence-electron chi connectivity index (χ3n) is 3.02. The number of hydrogen-bond acceptors (Lipinski definition) is 3. The quantitative estimate of drug-likeness (QED) is 0.767. The third-order valence-corrected chi connectivity index (χ3v) is 3.02. The highest BCUT2D eigenvalue weighted by atomic mass is 19.1. The van der Waals surface area contributed by atoms with E-state index in [1.54, 1.807) is 6.07 Å². The molecule has 0 radical (unpaired) electrons. The molecule has 0 bridgehead atoms. The van der Waals surface area contributed by atoms with Gasteiger partial charge in [0.25, 0.3) is 0 Å². The van der Waals surface area contributed by atoms with Gasteiger partial charge in [0.1, 0.15) is 5.82 Å². The molecular formula is C12H16FN3O. The van der Waals surface area contributed by atoms with Crippen LogP contribution < -0.4 is 10.6 Å². The highest BCUT2D eigenvalue weighted by Gasteiger charge is 2.27. The van der Waals surface area contributed by atoms with Crippen LogP contribution in [0.5, 0.6) is 0 Å². The number of piperidine rings is 1. The number of aromatic nitrogens is 1. The molecule has 17 heavy (non-hydrogen) atoms. The van der Waals surface area contributed by atoms with E-state index in [2.05, 4.69) is 15.6 Å². The molecule has 2 unspecified atom stereocenters. The van der Waals surface area contributed by atoms with Crippen LogP contribution in [0.1, 0.15) is 19.8 Å². The van der Waals surface area contributed by atoms with Crippen molar-refractivity contribution in [2.24, 2.45) is 5.92 Å². The van der Waals surface area contributed by atoms with E-state index in [4.69, 9.17) is 0 Å². The minimum absolute atomic E-state index is 0.143. The van der Waals surface area contributed by atoms with Gasteiger partial charge in [-0.3, -0.25) is 4.79 Å². The van der Waals surface area contributed by atoms with E-state index < -0.39 is 5.95 Å². The van der Waals surface area contributed by atoms with E-state index in [9.17, 15) is 9.18 Å². The first kappa shape index (κ1) is 12.0. The number of anilines is 1. The summed E-state index contributed by atoms with van der Waals surface area (Å²) in [7, 11) is 0. The van der Waals surface area contributed by atoms with Crippen molar-refractivity contribution in [1.82, 2.24) is 10.3 Å². The van der Waals surface area contributed by atoms with Gasteiger partial charge in [0.15, 0.2) is 0 Å². The summed E-state index contributed by atoms with van der Waals surface area (Å²) in [6.45, 7) is 2.88. The number of hydrogen-bond donors (Lipinski definition) is 2. The van der Waals surface area contributed by atoms with Crippen molar-refractivity contribution in [1.29, 1.82) is 0 Å². The van der Waals surface area contributed by atoms with Crippen molar-refractivity contribution in [2.45, 2.75) is 25.8 Å². The summed E-state index contributed by atoms with van der Waals surface area (Å²) in [6.07, 6.45) is 2.12. The molecule has 5 heteroatoms. The van der Waals surface area contributed by atoms with E-state index in [1.807, 2.05) is 6.92 Å². The van der Waals surface area contributed by atoms with Gasteiger partial charge in [-0.25, -0.2) is 4.98 Å². The molecule has 1 fully saturated rings. The summed E-state index contributed by atoms with van der Waals surface area (Å²) >= 11 is 0. The Bertz CT molecular complexity index is 410. The average Bonchev–Trinajstić information content (AvgIpc) is 2.29. The van der Waals surface area contributed by atoms with Gasteiger partial charge in [0.05, 0.1) is 6.04 Å². The SMILES string of the molecule is CC1CCCNC1C(=O)Nc1cccc(F)n1. The zero-order valence-corrected chi connectivity index (χ0v) is 9.74. The highest BCUT2D eigenvalue weighted by Crippen LogP contribution is 2.16. The Morgan fingerprint density at radius 1 is 1.59 bits per heavy atom. The van der Waals surface area contributed by atoms with Gasteiger partial charge < -0.3 is 10.6 Å². The lowest BCUT2D eigenvalue weighted by molar-refractivity contribution is -0.119. The molecule has 0 aliphatic carbocycles. The average molecular weight is 237 g/mol. The van der Waals surface area contributed by atoms with Gasteiger partial charge in [-0.05, 0) is 37.4 Å². The van der Waals surface area contributed by atoms with Gasteiger partial charge in [0, 0.05) is 0 Å². The summed E-state index contributed by atoms with van der Waals surface area (Å²) < 4.78 is 12.9. The van der Waals surface area contributed by atoms with E-state index in [0.717, 1.165) is 19.4 Å². The lowest BCUT2D eigenvalue weighted by Crippen LogP contribution is -2.48. The molecule has 1 aliphatic rings. The van der Waals surface area contributed by atoms with Gasteiger partial charge >= 0.3 is 0 Å². The number of amides is 1. The molecule has 0 spiro atoms. The van der Waals surface area contributed by atoms with Crippen LogP contribution in [0.4, 0.5) is 10.2 Å². The van der Waals surface area contributed by atoms with E-state index >= 15 is 0 Å². The molecule has 92 valence electrons.